The first-order chi connectivity index (χ1) is 7.84. The van der Waals surface area contributed by atoms with Crippen LogP contribution in [-0.4, -0.2) is 45.7 Å². The fraction of sp³-hybridized carbons (Fsp3) is 0.500. The Morgan fingerprint density at radius 1 is 1.25 bits per heavy atom. The van der Waals surface area contributed by atoms with Crippen LogP contribution >= 0.6 is 0 Å². The van der Waals surface area contributed by atoms with E-state index in [1.807, 2.05) is 17.5 Å². The second kappa shape index (κ2) is 3.71. The predicted octanol–water partition coefficient (Wildman–Crippen LogP) is 0.269. The van der Waals surface area contributed by atoms with Crippen molar-refractivity contribution in [3.63, 3.8) is 0 Å². The summed E-state index contributed by atoms with van der Waals surface area (Å²) in [6.45, 7) is 5.12. The number of aryl methyl sites for hydroxylation is 1. The highest BCUT2D eigenvalue weighted by atomic mass is 16.5. The third-order valence-electron chi connectivity index (χ3n) is 2.73. The summed E-state index contributed by atoms with van der Waals surface area (Å²) in [6.07, 6.45) is 3.61. The van der Waals surface area contributed by atoms with Gasteiger partial charge in [0.2, 0.25) is 11.7 Å². The molecule has 2 aromatic rings. The zero-order valence-corrected chi connectivity index (χ0v) is 9.13. The molecule has 6 heteroatoms. The minimum absolute atomic E-state index is 0.703. The van der Waals surface area contributed by atoms with Crippen molar-refractivity contribution in [2.75, 3.05) is 31.2 Å². The van der Waals surface area contributed by atoms with Gasteiger partial charge in [-0.3, -0.25) is 4.40 Å². The Bertz CT molecular complexity index is 503. The van der Waals surface area contributed by atoms with Gasteiger partial charge in [0.15, 0.2) is 0 Å². The van der Waals surface area contributed by atoms with Gasteiger partial charge in [0.05, 0.1) is 13.2 Å². The summed E-state index contributed by atoms with van der Waals surface area (Å²) >= 11 is 0. The Labute approximate surface area is 92.9 Å². The van der Waals surface area contributed by atoms with Crippen LogP contribution in [0.1, 0.15) is 5.82 Å². The first-order valence-corrected chi connectivity index (χ1v) is 5.35. The quantitative estimate of drug-likeness (QED) is 0.689. The number of nitrogens with zero attached hydrogens (tertiary/aromatic N) is 5. The molecular formula is C10H13N5O. The minimum Gasteiger partial charge on any atom is -0.378 e. The molecule has 3 heterocycles. The molecule has 0 unspecified atom stereocenters. The second-order valence-electron chi connectivity index (χ2n) is 3.77. The molecule has 16 heavy (non-hydrogen) atoms. The Morgan fingerprint density at radius 3 is 2.88 bits per heavy atom. The molecule has 0 aromatic carbocycles. The second-order valence-corrected chi connectivity index (χ2v) is 3.77. The van der Waals surface area contributed by atoms with E-state index >= 15 is 0 Å². The lowest BCUT2D eigenvalue weighted by molar-refractivity contribution is 0.122. The monoisotopic (exact) mass is 219 g/mol. The normalized spacial score (nSPS) is 16.9. The molecule has 0 radical (unpaired) electrons. The number of hydrogen-bond donors (Lipinski definition) is 0. The van der Waals surface area contributed by atoms with Crippen molar-refractivity contribution < 1.29 is 4.74 Å². The summed E-state index contributed by atoms with van der Waals surface area (Å²) in [6, 6.07) is 0. The van der Waals surface area contributed by atoms with E-state index in [1.165, 1.54) is 0 Å². The summed E-state index contributed by atoms with van der Waals surface area (Å²) in [5, 5.41) is 0. The maximum atomic E-state index is 5.31. The Balaban J connectivity index is 2.02. The Morgan fingerprint density at radius 2 is 2.06 bits per heavy atom. The van der Waals surface area contributed by atoms with Gasteiger partial charge in [-0.2, -0.15) is 9.97 Å². The van der Waals surface area contributed by atoms with Crippen molar-refractivity contribution in [1.29, 1.82) is 0 Å². The fourth-order valence-corrected chi connectivity index (χ4v) is 1.85. The van der Waals surface area contributed by atoms with Crippen LogP contribution in [0.2, 0.25) is 0 Å². The molecular weight excluding hydrogens is 206 g/mol. The maximum absolute atomic E-state index is 5.31. The summed E-state index contributed by atoms with van der Waals surface area (Å²) in [5.74, 6) is 2.36. The van der Waals surface area contributed by atoms with Crippen molar-refractivity contribution in [3.05, 3.63) is 18.2 Å². The molecule has 1 fully saturated rings. The standard InChI is InChI=1S/C10H13N5O/c1-8-12-10(14-4-6-16-7-5-14)13-9-11-2-3-15(8)9/h2-3H,4-7H2,1H3. The molecule has 1 saturated heterocycles. The van der Waals surface area contributed by atoms with E-state index < -0.39 is 0 Å². The van der Waals surface area contributed by atoms with Crippen molar-refractivity contribution >= 4 is 11.7 Å². The molecule has 2 aromatic heterocycles. The summed E-state index contributed by atoms with van der Waals surface area (Å²) in [4.78, 5) is 15.2. The van der Waals surface area contributed by atoms with E-state index in [1.54, 1.807) is 6.20 Å². The number of rotatable bonds is 1. The van der Waals surface area contributed by atoms with Gasteiger partial charge in [-0.25, -0.2) is 4.98 Å². The summed E-state index contributed by atoms with van der Waals surface area (Å²) in [7, 11) is 0. The molecule has 0 atom stereocenters. The number of ether oxygens (including phenoxy) is 1. The van der Waals surface area contributed by atoms with Gasteiger partial charge < -0.3 is 9.64 Å². The Kier molecular flexibility index (Phi) is 2.21. The van der Waals surface area contributed by atoms with E-state index in [9.17, 15) is 0 Å². The molecule has 0 bridgehead atoms. The summed E-state index contributed by atoms with van der Waals surface area (Å²) in [5.41, 5.74) is 0. The third-order valence-corrected chi connectivity index (χ3v) is 2.73. The van der Waals surface area contributed by atoms with Crippen LogP contribution < -0.4 is 4.90 Å². The Hall–Kier alpha value is -1.69. The van der Waals surface area contributed by atoms with Crippen molar-refractivity contribution in [2.24, 2.45) is 0 Å². The lowest BCUT2D eigenvalue weighted by Gasteiger charge is -2.26. The van der Waals surface area contributed by atoms with Gasteiger partial charge in [-0.05, 0) is 6.92 Å². The number of fused-ring (bicyclic) bond motifs is 1. The van der Waals surface area contributed by atoms with Crippen LogP contribution in [0, 0.1) is 6.92 Å². The first kappa shape index (κ1) is 9.53. The largest absolute Gasteiger partial charge is 0.378 e. The number of imidazole rings is 1. The molecule has 0 spiro atoms. The molecule has 0 saturated carbocycles. The highest BCUT2D eigenvalue weighted by Crippen LogP contribution is 2.11. The van der Waals surface area contributed by atoms with E-state index in [-0.39, 0.29) is 0 Å². The topological polar surface area (TPSA) is 55.5 Å². The van der Waals surface area contributed by atoms with E-state index in [0.29, 0.717) is 5.78 Å². The van der Waals surface area contributed by atoms with Crippen molar-refractivity contribution in [2.45, 2.75) is 6.92 Å². The molecule has 0 aliphatic carbocycles. The first-order valence-electron chi connectivity index (χ1n) is 5.35. The molecule has 0 N–H and O–H groups in total. The van der Waals surface area contributed by atoms with Crippen LogP contribution in [0.4, 0.5) is 5.95 Å². The van der Waals surface area contributed by atoms with Gasteiger partial charge in [0, 0.05) is 25.5 Å². The van der Waals surface area contributed by atoms with Crippen LogP contribution in [0.3, 0.4) is 0 Å². The van der Waals surface area contributed by atoms with Crippen LogP contribution in [0.5, 0.6) is 0 Å². The molecule has 1 aliphatic heterocycles. The van der Waals surface area contributed by atoms with E-state index in [4.69, 9.17) is 4.74 Å². The number of anilines is 1. The minimum atomic E-state index is 0.703. The highest BCUT2D eigenvalue weighted by Gasteiger charge is 2.15. The van der Waals surface area contributed by atoms with Crippen LogP contribution in [0.25, 0.3) is 5.78 Å². The zero-order valence-electron chi connectivity index (χ0n) is 9.13. The van der Waals surface area contributed by atoms with E-state index in [2.05, 4.69) is 19.9 Å². The van der Waals surface area contributed by atoms with Gasteiger partial charge in [0.25, 0.3) is 0 Å². The number of aromatic nitrogens is 4. The molecule has 6 nitrogen and oxygen atoms in total. The van der Waals surface area contributed by atoms with Crippen molar-refractivity contribution in [3.8, 4) is 0 Å². The smallest absolute Gasteiger partial charge is 0.238 e. The summed E-state index contributed by atoms with van der Waals surface area (Å²) < 4.78 is 7.18. The van der Waals surface area contributed by atoms with Gasteiger partial charge in [0.1, 0.15) is 5.82 Å². The highest BCUT2D eigenvalue weighted by molar-refractivity contribution is 5.39. The maximum Gasteiger partial charge on any atom is 0.238 e. The van der Waals surface area contributed by atoms with Gasteiger partial charge >= 0.3 is 0 Å². The fourth-order valence-electron chi connectivity index (χ4n) is 1.85. The SMILES string of the molecule is Cc1nc(N2CCOCC2)nc2nccn12. The number of morpholine rings is 1. The third kappa shape index (κ3) is 1.51. The average Bonchev–Trinajstić information content (AvgIpc) is 2.79. The predicted molar refractivity (Wildman–Crippen MR) is 58.6 cm³/mol. The van der Waals surface area contributed by atoms with Gasteiger partial charge in [-0.15, -0.1) is 0 Å². The zero-order chi connectivity index (χ0) is 11.0. The van der Waals surface area contributed by atoms with E-state index in [0.717, 1.165) is 38.1 Å². The molecule has 84 valence electrons. The lowest BCUT2D eigenvalue weighted by Crippen LogP contribution is -2.37. The molecule has 3 rings (SSSR count). The van der Waals surface area contributed by atoms with Crippen LogP contribution in [0.15, 0.2) is 12.4 Å². The van der Waals surface area contributed by atoms with Gasteiger partial charge in [-0.1, -0.05) is 0 Å². The van der Waals surface area contributed by atoms with Crippen LogP contribution in [-0.2, 0) is 4.74 Å². The average molecular weight is 219 g/mol. The molecule has 1 aliphatic rings. The molecule has 0 amide bonds. The number of hydrogen-bond acceptors (Lipinski definition) is 5. The lowest BCUT2D eigenvalue weighted by atomic mass is 10.4. The van der Waals surface area contributed by atoms with Crippen molar-refractivity contribution in [1.82, 2.24) is 19.4 Å².